The summed E-state index contributed by atoms with van der Waals surface area (Å²) in [6.45, 7) is 0. The van der Waals surface area contributed by atoms with Crippen LogP contribution in [0.15, 0.2) is 48.5 Å². The average molecular weight is 531 g/mol. The second-order valence-electron chi connectivity index (χ2n) is 10.3. The molecule has 0 unspecified atom stereocenters. The molecule has 0 atom stereocenters. The van der Waals surface area contributed by atoms with E-state index in [1.165, 1.54) is 62.8 Å². The van der Waals surface area contributed by atoms with Gasteiger partial charge in [0, 0.05) is 23.5 Å². The van der Waals surface area contributed by atoms with Crippen molar-refractivity contribution in [3.8, 4) is 0 Å². The maximum atomic E-state index is 11.3. The molecule has 0 radical (unpaired) electrons. The Kier molecular flexibility index (Phi) is 8.19. The van der Waals surface area contributed by atoms with Crippen LogP contribution in [0.3, 0.4) is 0 Å². The summed E-state index contributed by atoms with van der Waals surface area (Å²) in [6.07, 6.45) is 11.7. The van der Waals surface area contributed by atoms with Gasteiger partial charge in [-0.15, -0.1) is 0 Å². The van der Waals surface area contributed by atoms with Gasteiger partial charge in [-0.05, 0) is 74.2 Å². The molecule has 5 rings (SSSR count). The van der Waals surface area contributed by atoms with E-state index in [1.807, 2.05) is 0 Å². The number of carbonyl (C=O) groups is 2. The summed E-state index contributed by atoms with van der Waals surface area (Å²) in [4.78, 5) is 39.3. The van der Waals surface area contributed by atoms with Crippen LogP contribution in [-0.2, 0) is 0 Å². The normalized spacial score (nSPS) is 16.4. The zero-order valence-electron chi connectivity index (χ0n) is 21.8. The predicted molar refractivity (Wildman–Crippen MR) is 149 cm³/mol. The van der Waals surface area contributed by atoms with Crippen LogP contribution in [0.5, 0.6) is 0 Å². The summed E-state index contributed by atoms with van der Waals surface area (Å²) in [5.41, 5.74) is 1.72. The van der Waals surface area contributed by atoms with Crippen LogP contribution in [0.4, 0.5) is 29.2 Å². The molecule has 0 bridgehead atoms. The van der Waals surface area contributed by atoms with Crippen molar-refractivity contribution in [2.75, 3.05) is 15.5 Å². The van der Waals surface area contributed by atoms with Crippen LogP contribution in [0.2, 0.25) is 0 Å². The summed E-state index contributed by atoms with van der Waals surface area (Å²) in [5.74, 6) is -0.646. The Balaban J connectivity index is 1.50. The lowest BCUT2D eigenvalue weighted by atomic mass is 9.89. The van der Waals surface area contributed by atoms with Crippen molar-refractivity contribution in [2.24, 2.45) is 0 Å². The smallest absolute Gasteiger partial charge is 0.335 e. The summed E-state index contributed by atoms with van der Waals surface area (Å²) in [7, 11) is 0. The number of rotatable bonds is 9. The van der Waals surface area contributed by atoms with Gasteiger partial charge in [0.1, 0.15) is 0 Å². The lowest BCUT2D eigenvalue weighted by molar-refractivity contribution is 0.0686. The van der Waals surface area contributed by atoms with E-state index in [9.17, 15) is 19.8 Å². The zero-order chi connectivity index (χ0) is 27.2. The highest BCUT2D eigenvalue weighted by atomic mass is 16.4. The molecular formula is C29H34N6O4. The van der Waals surface area contributed by atoms with Crippen LogP contribution in [0.1, 0.15) is 84.9 Å². The maximum absolute atomic E-state index is 11.3. The van der Waals surface area contributed by atoms with Crippen molar-refractivity contribution in [3.63, 3.8) is 0 Å². The molecule has 2 aromatic carbocycles. The monoisotopic (exact) mass is 530 g/mol. The molecule has 4 N–H and O–H groups in total. The third kappa shape index (κ3) is 6.63. The molecule has 1 aromatic heterocycles. The van der Waals surface area contributed by atoms with Gasteiger partial charge in [0.25, 0.3) is 0 Å². The van der Waals surface area contributed by atoms with Gasteiger partial charge in [-0.2, -0.15) is 15.0 Å². The predicted octanol–water partition coefficient (Wildman–Crippen LogP) is 6.23. The number of carboxylic acids is 2. The maximum Gasteiger partial charge on any atom is 0.335 e. The van der Waals surface area contributed by atoms with Crippen molar-refractivity contribution >= 4 is 41.2 Å². The minimum atomic E-state index is -0.986. The molecule has 2 saturated carbocycles. The standard InChI is InChI=1S/C29H34N6O4/c36-25(37)19-11-15-21(16-12-19)30-27-32-28(31-22-17-13-20(14-18-22)26(38)39)34-29(33-27)35(23-7-3-1-4-8-23)24-9-5-2-6-10-24/h11-18,23-24H,1-10H2,(H,36,37)(H,38,39)(H2,30,31,32,33,34). The fourth-order valence-corrected chi connectivity index (χ4v) is 5.59. The van der Waals surface area contributed by atoms with E-state index in [0.29, 0.717) is 41.3 Å². The number of carboxylic acid groups (broad SMARTS) is 2. The van der Waals surface area contributed by atoms with Crippen molar-refractivity contribution in [1.29, 1.82) is 0 Å². The lowest BCUT2D eigenvalue weighted by Crippen LogP contribution is -2.46. The molecule has 2 fully saturated rings. The molecule has 0 aliphatic heterocycles. The molecule has 0 saturated heterocycles. The van der Waals surface area contributed by atoms with E-state index in [0.717, 1.165) is 25.7 Å². The van der Waals surface area contributed by atoms with Gasteiger partial charge in [0.05, 0.1) is 11.1 Å². The van der Waals surface area contributed by atoms with E-state index >= 15 is 0 Å². The van der Waals surface area contributed by atoms with Gasteiger partial charge in [-0.25, -0.2) is 9.59 Å². The van der Waals surface area contributed by atoms with Gasteiger partial charge in [-0.3, -0.25) is 0 Å². The van der Waals surface area contributed by atoms with Crippen molar-refractivity contribution in [3.05, 3.63) is 59.7 Å². The summed E-state index contributed by atoms with van der Waals surface area (Å²) >= 11 is 0. The minimum Gasteiger partial charge on any atom is -0.478 e. The Morgan fingerprint density at radius 2 is 1.00 bits per heavy atom. The number of aromatic carboxylic acids is 2. The Hall–Kier alpha value is -4.21. The van der Waals surface area contributed by atoms with Gasteiger partial charge in [0.15, 0.2) is 0 Å². The van der Waals surface area contributed by atoms with Crippen LogP contribution in [-0.4, -0.2) is 49.2 Å². The van der Waals surface area contributed by atoms with E-state index in [-0.39, 0.29) is 11.1 Å². The first-order valence-electron chi connectivity index (χ1n) is 13.7. The van der Waals surface area contributed by atoms with Crippen molar-refractivity contribution in [2.45, 2.75) is 76.3 Å². The zero-order valence-corrected chi connectivity index (χ0v) is 21.8. The molecule has 0 amide bonds. The molecule has 10 nitrogen and oxygen atoms in total. The van der Waals surface area contributed by atoms with Crippen LogP contribution in [0.25, 0.3) is 0 Å². The second kappa shape index (κ2) is 12.1. The van der Waals surface area contributed by atoms with Crippen LogP contribution >= 0.6 is 0 Å². The van der Waals surface area contributed by atoms with E-state index in [2.05, 4.69) is 20.5 Å². The molecule has 204 valence electrons. The van der Waals surface area contributed by atoms with Gasteiger partial charge < -0.3 is 25.7 Å². The fourth-order valence-electron chi connectivity index (χ4n) is 5.59. The first kappa shape index (κ1) is 26.4. The second-order valence-corrected chi connectivity index (χ2v) is 10.3. The Morgan fingerprint density at radius 3 is 1.36 bits per heavy atom. The Labute approximate surface area is 227 Å². The number of hydrogen-bond donors (Lipinski definition) is 4. The molecule has 0 spiro atoms. The number of nitrogens with one attached hydrogen (secondary N) is 2. The molecule has 39 heavy (non-hydrogen) atoms. The summed E-state index contributed by atoms with van der Waals surface area (Å²) in [6, 6.07) is 13.6. The first-order chi connectivity index (χ1) is 19.0. The number of aromatic nitrogens is 3. The third-order valence-corrected chi connectivity index (χ3v) is 7.57. The molecule has 10 heteroatoms. The van der Waals surface area contributed by atoms with Gasteiger partial charge in [-0.1, -0.05) is 38.5 Å². The highest BCUT2D eigenvalue weighted by Crippen LogP contribution is 2.34. The van der Waals surface area contributed by atoms with Gasteiger partial charge in [0.2, 0.25) is 17.8 Å². The summed E-state index contributed by atoms with van der Waals surface area (Å²) in [5, 5.41) is 24.9. The van der Waals surface area contributed by atoms with Crippen LogP contribution in [0, 0.1) is 0 Å². The van der Waals surface area contributed by atoms with E-state index in [1.54, 1.807) is 24.3 Å². The topological polar surface area (TPSA) is 141 Å². The highest BCUT2D eigenvalue weighted by Gasteiger charge is 2.31. The number of hydrogen-bond acceptors (Lipinski definition) is 8. The van der Waals surface area contributed by atoms with E-state index < -0.39 is 11.9 Å². The average Bonchev–Trinajstić information content (AvgIpc) is 2.95. The number of benzene rings is 2. The molecule has 2 aliphatic carbocycles. The van der Waals surface area contributed by atoms with Crippen molar-refractivity contribution in [1.82, 2.24) is 15.0 Å². The molecular weight excluding hydrogens is 496 g/mol. The third-order valence-electron chi connectivity index (χ3n) is 7.57. The largest absolute Gasteiger partial charge is 0.478 e. The van der Waals surface area contributed by atoms with Crippen LogP contribution < -0.4 is 15.5 Å². The molecule has 2 aliphatic rings. The lowest BCUT2D eigenvalue weighted by Gasteiger charge is -2.41. The summed E-state index contributed by atoms with van der Waals surface area (Å²) < 4.78 is 0. The van der Waals surface area contributed by atoms with E-state index in [4.69, 9.17) is 9.97 Å². The Morgan fingerprint density at radius 1 is 0.615 bits per heavy atom. The number of nitrogens with zero attached hydrogens (tertiary/aromatic N) is 4. The van der Waals surface area contributed by atoms with Gasteiger partial charge >= 0.3 is 11.9 Å². The first-order valence-corrected chi connectivity index (χ1v) is 13.7. The molecule has 1 heterocycles. The SMILES string of the molecule is O=C(O)c1ccc(Nc2nc(Nc3ccc(C(=O)O)cc3)nc(N(C3CCCCC3)C3CCCCC3)n2)cc1. The minimum absolute atomic E-state index is 0.199. The van der Waals surface area contributed by atoms with Crippen molar-refractivity contribution < 1.29 is 19.8 Å². The number of anilines is 5. The quantitative estimate of drug-likeness (QED) is 0.252. The Bertz CT molecular complexity index is 1190. The highest BCUT2D eigenvalue weighted by molar-refractivity contribution is 5.88. The molecule has 3 aromatic rings. The fraction of sp³-hybridized carbons (Fsp3) is 0.414.